The summed E-state index contributed by atoms with van der Waals surface area (Å²) < 4.78 is 10.9. The molecule has 27 heavy (non-hydrogen) atoms. The van der Waals surface area contributed by atoms with Crippen LogP contribution in [-0.4, -0.2) is 29.0 Å². The van der Waals surface area contributed by atoms with Crippen LogP contribution in [0.1, 0.15) is 12.7 Å². The molecule has 1 aromatic carbocycles. The van der Waals surface area contributed by atoms with Crippen molar-refractivity contribution in [2.75, 3.05) is 7.11 Å². The number of thioether (sulfide) groups is 1. The Bertz CT molecular complexity index is 1010. The highest BCUT2D eigenvalue weighted by molar-refractivity contribution is 8.18. The minimum atomic E-state index is -0.510. The van der Waals surface area contributed by atoms with Crippen LogP contribution in [0.5, 0.6) is 5.75 Å². The number of carbonyl (C=O) groups is 2. The number of furan rings is 1. The molecule has 0 spiro atoms. The van der Waals surface area contributed by atoms with Crippen molar-refractivity contribution in [2.45, 2.75) is 6.92 Å². The molecule has 0 radical (unpaired) electrons. The highest BCUT2D eigenvalue weighted by Crippen LogP contribution is 2.35. The molecule has 1 N–H and O–H groups in total. The van der Waals surface area contributed by atoms with Crippen molar-refractivity contribution in [1.29, 1.82) is 0 Å². The highest BCUT2D eigenvalue weighted by atomic mass is 32.2. The maximum Gasteiger partial charge on any atom is 0.286 e. The highest BCUT2D eigenvalue weighted by Gasteiger charge is 2.23. The number of ether oxygens (including phenoxy) is 1. The van der Waals surface area contributed by atoms with E-state index in [-0.39, 0.29) is 21.7 Å². The Hall–Kier alpha value is -3.40. The van der Waals surface area contributed by atoms with E-state index in [9.17, 15) is 19.7 Å². The first kappa shape index (κ1) is 18.4. The molecule has 1 aromatic heterocycles. The lowest BCUT2D eigenvalue weighted by molar-refractivity contribution is -0.384. The Morgan fingerprint density at radius 2 is 2.15 bits per heavy atom. The maximum atomic E-state index is 11.9. The molecule has 0 saturated heterocycles. The summed E-state index contributed by atoms with van der Waals surface area (Å²) in [4.78, 5) is 37.5. The molecule has 0 atom stereocenters. The van der Waals surface area contributed by atoms with Gasteiger partial charge < -0.3 is 14.5 Å². The molecular formula is C17H13N3O6S. The zero-order chi connectivity index (χ0) is 19.6. The monoisotopic (exact) mass is 387 g/mol. The van der Waals surface area contributed by atoms with Crippen molar-refractivity contribution >= 4 is 40.5 Å². The number of amidine groups is 1. The lowest BCUT2D eigenvalue weighted by atomic mass is 10.1. The van der Waals surface area contributed by atoms with E-state index in [4.69, 9.17) is 9.15 Å². The minimum absolute atomic E-state index is 0.100. The number of carbonyl (C=O) groups excluding carboxylic acids is 2. The Labute approximate surface area is 157 Å². The fourth-order valence-corrected chi connectivity index (χ4v) is 3.16. The van der Waals surface area contributed by atoms with Gasteiger partial charge in [-0.3, -0.25) is 19.7 Å². The summed E-state index contributed by atoms with van der Waals surface area (Å²) in [5, 5.41) is 13.7. The molecule has 10 heteroatoms. The van der Waals surface area contributed by atoms with Crippen LogP contribution in [-0.2, 0) is 9.59 Å². The third-order valence-corrected chi connectivity index (χ3v) is 4.36. The second kappa shape index (κ2) is 7.46. The van der Waals surface area contributed by atoms with Crippen LogP contribution in [0.25, 0.3) is 17.4 Å². The first-order valence-corrected chi connectivity index (χ1v) is 8.42. The number of nitro benzene ring substituents is 1. The van der Waals surface area contributed by atoms with E-state index in [0.717, 1.165) is 11.8 Å². The second-order valence-electron chi connectivity index (χ2n) is 5.36. The van der Waals surface area contributed by atoms with Gasteiger partial charge in [0.2, 0.25) is 5.91 Å². The van der Waals surface area contributed by atoms with E-state index in [1.54, 1.807) is 12.1 Å². The van der Waals surface area contributed by atoms with Crippen LogP contribution in [0.15, 0.2) is 44.6 Å². The fourth-order valence-electron chi connectivity index (χ4n) is 2.32. The summed E-state index contributed by atoms with van der Waals surface area (Å²) in [6.45, 7) is 1.32. The van der Waals surface area contributed by atoms with Gasteiger partial charge in [-0.05, 0) is 30.0 Å². The number of hydrogen-bond donors (Lipinski definition) is 1. The summed E-state index contributed by atoms with van der Waals surface area (Å²) >= 11 is 1.02. The molecule has 1 aliphatic heterocycles. The Morgan fingerprint density at radius 3 is 2.81 bits per heavy atom. The molecule has 0 unspecified atom stereocenters. The SMILES string of the molecule is COc1ccc([N+](=O)[O-])cc1-c1ccc(/C=C2\SC(NC(C)=O)=NC2=O)o1. The molecule has 0 aliphatic carbocycles. The van der Waals surface area contributed by atoms with Crippen molar-refractivity contribution in [3.63, 3.8) is 0 Å². The van der Waals surface area contributed by atoms with E-state index in [1.807, 2.05) is 0 Å². The number of benzene rings is 1. The predicted octanol–water partition coefficient (Wildman–Crippen LogP) is 2.97. The standard InChI is InChI=1S/C17H13N3O6S/c1-9(21)18-17-19-16(22)15(27-17)8-11-4-6-14(26-11)12-7-10(20(23)24)3-5-13(12)25-2/h3-8H,1-2H3,(H,18,19,21,22)/b15-8-. The topological polar surface area (TPSA) is 124 Å². The zero-order valence-corrected chi connectivity index (χ0v) is 15.0. The first-order chi connectivity index (χ1) is 12.9. The first-order valence-electron chi connectivity index (χ1n) is 7.60. The molecule has 3 rings (SSSR count). The van der Waals surface area contributed by atoms with Gasteiger partial charge in [-0.15, -0.1) is 0 Å². The smallest absolute Gasteiger partial charge is 0.286 e. The molecule has 2 aromatic rings. The van der Waals surface area contributed by atoms with Crippen LogP contribution in [0.2, 0.25) is 0 Å². The van der Waals surface area contributed by atoms with Gasteiger partial charge >= 0.3 is 0 Å². The van der Waals surface area contributed by atoms with E-state index in [0.29, 0.717) is 22.8 Å². The van der Waals surface area contributed by atoms with Crippen LogP contribution in [0, 0.1) is 10.1 Å². The third-order valence-electron chi connectivity index (χ3n) is 3.46. The molecule has 0 saturated carbocycles. The van der Waals surface area contributed by atoms with E-state index in [2.05, 4.69) is 10.3 Å². The maximum absolute atomic E-state index is 11.9. The van der Waals surface area contributed by atoms with Crippen molar-refractivity contribution in [1.82, 2.24) is 5.32 Å². The summed E-state index contributed by atoms with van der Waals surface area (Å²) in [6.07, 6.45) is 1.48. The molecule has 0 bridgehead atoms. The van der Waals surface area contributed by atoms with Gasteiger partial charge in [0.15, 0.2) is 5.17 Å². The summed E-state index contributed by atoms with van der Waals surface area (Å²) in [5.41, 5.74) is 0.314. The minimum Gasteiger partial charge on any atom is -0.496 e. The summed E-state index contributed by atoms with van der Waals surface area (Å²) in [6, 6.07) is 7.40. The number of amides is 2. The van der Waals surface area contributed by atoms with E-state index < -0.39 is 10.8 Å². The van der Waals surface area contributed by atoms with Gasteiger partial charge in [-0.1, -0.05) is 0 Å². The molecule has 2 amide bonds. The number of nitro groups is 1. The van der Waals surface area contributed by atoms with Crippen LogP contribution < -0.4 is 10.1 Å². The third kappa shape index (κ3) is 4.06. The number of rotatable bonds is 4. The number of methoxy groups -OCH3 is 1. The number of nitrogens with zero attached hydrogens (tertiary/aromatic N) is 2. The van der Waals surface area contributed by atoms with Gasteiger partial charge in [0.05, 0.1) is 22.5 Å². The van der Waals surface area contributed by atoms with Gasteiger partial charge in [0.1, 0.15) is 17.3 Å². The van der Waals surface area contributed by atoms with Crippen molar-refractivity contribution in [3.8, 4) is 17.1 Å². The van der Waals surface area contributed by atoms with Gasteiger partial charge in [0, 0.05) is 25.1 Å². The Kier molecular flexibility index (Phi) is 5.08. The molecule has 138 valence electrons. The Morgan fingerprint density at radius 1 is 1.37 bits per heavy atom. The molecular weight excluding hydrogens is 374 g/mol. The summed E-state index contributed by atoms with van der Waals surface area (Å²) in [5.74, 6) is 0.300. The number of aliphatic imine (C=N–C) groups is 1. The molecule has 9 nitrogen and oxygen atoms in total. The van der Waals surface area contributed by atoms with Crippen molar-refractivity contribution in [2.24, 2.45) is 4.99 Å². The predicted molar refractivity (Wildman–Crippen MR) is 99.2 cm³/mol. The average Bonchev–Trinajstić information content (AvgIpc) is 3.21. The second-order valence-corrected chi connectivity index (χ2v) is 6.39. The van der Waals surface area contributed by atoms with Crippen molar-refractivity contribution in [3.05, 3.63) is 51.1 Å². The van der Waals surface area contributed by atoms with Crippen LogP contribution in [0.3, 0.4) is 0 Å². The fraction of sp³-hybridized carbons (Fsp3) is 0.118. The zero-order valence-electron chi connectivity index (χ0n) is 14.2. The average molecular weight is 387 g/mol. The van der Waals surface area contributed by atoms with Crippen LogP contribution >= 0.6 is 11.8 Å². The van der Waals surface area contributed by atoms with Crippen LogP contribution in [0.4, 0.5) is 5.69 Å². The lowest BCUT2D eigenvalue weighted by Gasteiger charge is -2.05. The molecule has 2 heterocycles. The van der Waals surface area contributed by atoms with Gasteiger partial charge in [-0.25, -0.2) is 0 Å². The van der Waals surface area contributed by atoms with E-state index in [1.165, 1.54) is 38.3 Å². The number of hydrogen-bond acceptors (Lipinski definition) is 7. The molecule has 1 aliphatic rings. The lowest BCUT2D eigenvalue weighted by Crippen LogP contribution is -2.23. The Balaban J connectivity index is 1.88. The largest absolute Gasteiger partial charge is 0.496 e. The van der Waals surface area contributed by atoms with E-state index >= 15 is 0 Å². The quantitative estimate of drug-likeness (QED) is 0.486. The summed E-state index contributed by atoms with van der Waals surface area (Å²) in [7, 11) is 1.45. The van der Waals surface area contributed by atoms with Gasteiger partial charge in [-0.2, -0.15) is 4.99 Å². The number of non-ortho nitro benzene ring substituents is 1. The molecule has 0 fully saturated rings. The van der Waals surface area contributed by atoms with Gasteiger partial charge in [0.25, 0.3) is 11.6 Å². The number of nitrogens with one attached hydrogen (secondary N) is 1. The normalized spacial score (nSPS) is 15.0. The van der Waals surface area contributed by atoms with Crippen molar-refractivity contribution < 1.29 is 23.7 Å².